The predicted octanol–water partition coefficient (Wildman–Crippen LogP) is 2.63. The summed E-state index contributed by atoms with van der Waals surface area (Å²) in [6, 6.07) is 3.38. The van der Waals surface area contributed by atoms with E-state index in [4.69, 9.17) is 16.3 Å². The summed E-state index contributed by atoms with van der Waals surface area (Å²) in [5.41, 5.74) is 0.539. The van der Waals surface area contributed by atoms with Gasteiger partial charge in [0.25, 0.3) is 5.56 Å². The van der Waals surface area contributed by atoms with E-state index in [1.54, 1.807) is 18.3 Å². The lowest BCUT2D eigenvalue weighted by molar-refractivity contribution is -0.108. The molecule has 0 aliphatic heterocycles. The first-order chi connectivity index (χ1) is 9.63. The molecular formula is C14H15ClN2O3. The number of fused-ring (bicyclic) bond motifs is 1. The Morgan fingerprint density at radius 1 is 1.45 bits per heavy atom. The summed E-state index contributed by atoms with van der Waals surface area (Å²) in [6.45, 7) is 2.36. The molecule has 0 aliphatic carbocycles. The van der Waals surface area contributed by atoms with Crippen LogP contribution in [0.1, 0.15) is 31.4 Å². The number of hydrogen-bond donors (Lipinski definition) is 1. The van der Waals surface area contributed by atoms with Crippen LogP contribution in [-0.2, 0) is 9.53 Å². The molecular weight excluding hydrogens is 280 g/mol. The lowest BCUT2D eigenvalue weighted by Gasteiger charge is -2.15. The Kier molecular flexibility index (Phi) is 4.87. The van der Waals surface area contributed by atoms with Crippen molar-refractivity contribution < 1.29 is 9.53 Å². The number of nitrogens with zero attached hydrogens (tertiary/aromatic N) is 1. The predicted molar refractivity (Wildman–Crippen MR) is 77.0 cm³/mol. The summed E-state index contributed by atoms with van der Waals surface area (Å²) >= 11 is 6.05. The molecule has 0 bridgehead atoms. The molecule has 1 aromatic carbocycles. The Morgan fingerprint density at radius 2 is 2.25 bits per heavy atom. The van der Waals surface area contributed by atoms with E-state index in [2.05, 4.69) is 10.2 Å². The van der Waals surface area contributed by atoms with E-state index < -0.39 is 0 Å². The van der Waals surface area contributed by atoms with Crippen LogP contribution in [0.3, 0.4) is 0 Å². The van der Waals surface area contributed by atoms with Crippen LogP contribution in [0.5, 0.6) is 0 Å². The number of nitrogens with one attached hydrogen (secondary N) is 1. The number of unbranched alkanes of at least 4 members (excludes halogenated alkanes) is 1. The molecule has 0 aliphatic rings. The molecule has 0 saturated carbocycles. The number of carbonyl (C=O) groups is 1. The highest BCUT2D eigenvalue weighted by atomic mass is 35.5. The molecule has 1 heterocycles. The second-order valence-corrected chi connectivity index (χ2v) is 4.91. The maximum atomic E-state index is 11.7. The molecule has 0 saturated heterocycles. The van der Waals surface area contributed by atoms with Crippen LogP contribution in [-0.4, -0.2) is 23.1 Å². The molecule has 0 amide bonds. The van der Waals surface area contributed by atoms with E-state index in [1.165, 1.54) is 0 Å². The molecule has 1 unspecified atom stereocenters. The molecule has 1 aromatic heterocycles. The quantitative estimate of drug-likeness (QED) is 0.656. The van der Waals surface area contributed by atoms with E-state index in [0.717, 1.165) is 17.2 Å². The Labute approximate surface area is 120 Å². The average Bonchev–Trinajstić information content (AvgIpc) is 2.43. The van der Waals surface area contributed by atoms with Crippen molar-refractivity contribution in [1.82, 2.24) is 10.2 Å². The minimum Gasteiger partial charge on any atom is -0.374 e. The average molecular weight is 295 g/mol. The second kappa shape index (κ2) is 6.63. The number of carbonyl (C=O) groups excluding carboxylic acids is 1. The third-order valence-electron chi connectivity index (χ3n) is 3.05. The van der Waals surface area contributed by atoms with Crippen LogP contribution in [0.15, 0.2) is 23.1 Å². The summed E-state index contributed by atoms with van der Waals surface area (Å²) < 4.78 is 5.68. The fourth-order valence-corrected chi connectivity index (χ4v) is 2.27. The van der Waals surface area contributed by atoms with E-state index in [1.807, 2.05) is 6.92 Å². The van der Waals surface area contributed by atoms with Crippen LogP contribution < -0.4 is 5.56 Å². The van der Waals surface area contributed by atoms with Crippen LogP contribution >= 0.6 is 11.6 Å². The normalized spacial score (nSPS) is 12.5. The number of rotatable bonds is 6. The molecule has 1 N–H and O–H groups in total. The summed E-state index contributed by atoms with van der Waals surface area (Å²) in [4.78, 5) is 22.0. The van der Waals surface area contributed by atoms with Crippen molar-refractivity contribution in [1.29, 1.82) is 0 Å². The molecule has 2 aromatic rings. The van der Waals surface area contributed by atoms with Crippen molar-refractivity contribution in [2.45, 2.75) is 25.9 Å². The highest BCUT2D eigenvalue weighted by molar-refractivity contribution is 6.31. The van der Waals surface area contributed by atoms with Crippen molar-refractivity contribution in [3.05, 3.63) is 39.3 Å². The largest absolute Gasteiger partial charge is 0.374 e. The minimum absolute atomic E-state index is 0.230. The van der Waals surface area contributed by atoms with E-state index in [0.29, 0.717) is 29.9 Å². The van der Waals surface area contributed by atoms with Crippen molar-refractivity contribution in [2.75, 3.05) is 6.61 Å². The maximum Gasteiger partial charge on any atom is 0.272 e. The highest BCUT2D eigenvalue weighted by Gasteiger charge is 2.13. The summed E-state index contributed by atoms with van der Waals surface area (Å²) in [5.74, 6) is 0. The van der Waals surface area contributed by atoms with Gasteiger partial charge >= 0.3 is 0 Å². The van der Waals surface area contributed by atoms with Gasteiger partial charge in [0, 0.05) is 23.4 Å². The first-order valence-electron chi connectivity index (χ1n) is 6.35. The fourth-order valence-electron chi connectivity index (χ4n) is 2.04. The van der Waals surface area contributed by atoms with Crippen molar-refractivity contribution >= 4 is 28.7 Å². The Balaban J connectivity index is 2.31. The number of aromatic nitrogens is 2. The van der Waals surface area contributed by atoms with Crippen molar-refractivity contribution in [3.8, 4) is 0 Å². The van der Waals surface area contributed by atoms with Gasteiger partial charge < -0.3 is 9.53 Å². The molecule has 2 rings (SSSR count). The molecule has 20 heavy (non-hydrogen) atoms. The van der Waals surface area contributed by atoms with Crippen LogP contribution in [0.2, 0.25) is 5.02 Å². The Bertz CT molecular complexity index is 669. The van der Waals surface area contributed by atoms with Gasteiger partial charge in [0.1, 0.15) is 6.29 Å². The van der Waals surface area contributed by atoms with Gasteiger partial charge in [0.05, 0.1) is 17.7 Å². The van der Waals surface area contributed by atoms with Crippen molar-refractivity contribution in [3.63, 3.8) is 0 Å². The molecule has 0 spiro atoms. The number of H-pyrrole nitrogens is 1. The summed E-state index contributed by atoms with van der Waals surface area (Å²) in [6.07, 6.45) is 3.38. The van der Waals surface area contributed by atoms with Gasteiger partial charge in [-0.05, 0) is 31.0 Å². The lowest BCUT2D eigenvalue weighted by atomic mass is 10.0. The zero-order chi connectivity index (χ0) is 14.5. The topological polar surface area (TPSA) is 72.1 Å². The van der Waals surface area contributed by atoms with E-state index >= 15 is 0 Å². The number of ether oxygens (including phenoxy) is 1. The molecule has 106 valence electrons. The molecule has 6 heteroatoms. The highest BCUT2D eigenvalue weighted by Crippen LogP contribution is 2.28. The number of hydrogen-bond acceptors (Lipinski definition) is 4. The summed E-state index contributed by atoms with van der Waals surface area (Å²) in [7, 11) is 0. The molecule has 0 fully saturated rings. The monoisotopic (exact) mass is 294 g/mol. The van der Waals surface area contributed by atoms with Crippen LogP contribution in [0.4, 0.5) is 0 Å². The molecule has 5 nitrogen and oxygen atoms in total. The molecule has 1 atom stereocenters. The summed E-state index contributed by atoms with van der Waals surface area (Å²) in [5, 5.41) is 7.89. The van der Waals surface area contributed by atoms with E-state index in [-0.39, 0.29) is 11.7 Å². The maximum absolute atomic E-state index is 11.7. The number of aldehydes is 1. The number of benzene rings is 1. The van der Waals surface area contributed by atoms with Gasteiger partial charge in [-0.2, -0.15) is 5.10 Å². The number of aromatic amines is 1. The van der Waals surface area contributed by atoms with Crippen LogP contribution in [0, 0.1) is 0 Å². The lowest BCUT2D eigenvalue weighted by Crippen LogP contribution is -2.10. The zero-order valence-corrected chi connectivity index (χ0v) is 11.8. The standard InChI is InChI=1S/C14H15ClN2O3/c1-9(20-5-3-2-4-18)11-6-10(15)7-12-13(11)8-16-17-14(12)19/h4,6-9H,2-3,5H2,1H3,(H,17,19). The Morgan fingerprint density at radius 3 is 3.00 bits per heavy atom. The smallest absolute Gasteiger partial charge is 0.272 e. The third kappa shape index (κ3) is 3.23. The van der Waals surface area contributed by atoms with Crippen LogP contribution in [0.25, 0.3) is 10.8 Å². The third-order valence-corrected chi connectivity index (χ3v) is 3.27. The van der Waals surface area contributed by atoms with Gasteiger partial charge in [0.15, 0.2) is 0 Å². The minimum atomic E-state index is -0.278. The van der Waals surface area contributed by atoms with Crippen molar-refractivity contribution in [2.24, 2.45) is 0 Å². The van der Waals surface area contributed by atoms with E-state index in [9.17, 15) is 9.59 Å². The second-order valence-electron chi connectivity index (χ2n) is 4.48. The van der Waals surface area contributed by atoms with Gasteiger partial charge in [-0.3, -0.25) is 4.79 Å². The van der Waals surface area contributed by atoms with Gasteiger partial charge in [-0.15, -0.1) is 0 Å². The van der Waals surface area contributed by atoms with Gasteiger partial charge in [-0.25, -0.2) is 5.10 Å². The number of halogens is 1. The first kappa shape index (κ1) is 14.7. The molecule has 0 radical (unpaired) electrons. The van der Waals surface area contributed by atoms with Gasteiger partial charge in [0.2, 0.25) is 0 Å². The SMILES string of the molecule is CC(OCCCC=O)c1cc(Cl)cc2c(=O)[nH]ncc12. The zero-order valence-electron chi connectivity index (χ0n) is 11.1. The Hall–Kier alpha value is -1.72. The van der Waals surface area contributed by atoms with Gasteiger partial charge in [-0.1, -0.05) is 11.6 Å². The fraction of sp³-hybridized carbons (Fsp3) is 0.357. The first-order valence-corrected chi connectivity index (χ1v) is 6.73.